The van der Waals surface area contributed by atoms with Crippen molar-refractivity contribution in [1.82, 2.24) is 4.90 Å². The number of carbonyl (C=O) groups is 4. The first-order valence-corrected chi connectivity index (χ1v) is 9.13. The molecule has 148 valence electrons. The summed E-state index contributed by atoms with van der Waals surface area (Å²) in [6.45, 7) is 1.32. The first-order chi connectivity index (χ1) is 13.4. The first kappa shape index (κ1) is 19.7. The monoisotopic (exact) mass is 388 g/mol. The van der Waals surface area contributed by atoms with E-state index in [-0.39, 0.29) is 42.3 Å². The number of fused-ring (bicyclic) bond motifs is 1. The highest BCUT2D eigenvalue weighted by atomic mass is 19.1. The Morgan fingerprint density at radius 3 is 2.46 bits per heavy atom. The van der Waals surface area contributed by atoms with Crippen LogP contribution >= 0.6 is 0 Å². The fourth-order valence-corrected chi connectivity index (χ4v) is 3.41. The number of likely N-dealkylation sites (tertiary alicyclic amines) is 1. The van der Waals surface area contributed by atoms with Crippen LogP contribution < -0.4 is 5.32 Å². The Balaban J connectivity index is 1.48. The van der Waals surface area contributed by atoms with E-state index >= 15 is 0 Å². The summed E-state index contributed by atoms with van der Waals surface area (Å²) >= 11 is 0. The van der Waals surface area contributed by atoms with E-state index in [0.29, 0.717) is 12.8 Å². The number of ether oxygens (including phenoxy) is 1. The molecule has 0 radical (unpaired) electrons. The quantitative estimate of drug-likeness (QED) is 0.457. The second kappa shape index (κ2) is 8.33. The van der Waals surface area contributed by atoms with E-state index in [4.69, 9.17) is 4.74 Å². The topological polar surface area (TPSA) is 92.8 Å². The van der Waals surface area contributed by atoms with Gasteiger partial charge in [-0.3, -0.25) is 24.1 Å². The molecule has 1 aliphatic heterocycles. The molecular weight excluding hydrogens is 367 g/mol. The van der Waals surface area contributed by atoms with Gasteiger partial charge in [0.15, 0.2) is 6.10 Å². The molecule has 7 nitrogen and oxygen atoms in total. The number of nitrogens with one attached hydrogen (secondary N) is 1. The summed E-state index contributed by atoms with van der Waals surface area (Å²) in [5, 5.41) is 2.45. The summed E-state index contributed by atoms with van der Waals surface area (Å²) in [6, 6.07) is 5.34. The maximum atomic E-state index is 13.2. The molecule has 1 N–H and O–H groups in total. The lowest BCUT2D eigenvalue weighted by molar-refractivity contribution is -0.154. The molecule has 8 heteroatoms. The maximum absolute atomic E-state index is 13.2. The number of halogens is 1. The second-order valence-electron chi connectivity index (χ2n) is 6.87. The molecule has 1 aromatic rings. The van der Waals surface area contributed by atoms with Crippen molar-refractivity contribution in [3.05, 3.63) is 42.2 Å². The molecule has 2 aliphatic rings. The number of imide groups is 1. The van der Waals surface area contributed by atoms with E-state index in [1.54, 1.807) is 0 Å². The van der Waals surface area contributed by atoms with Crippen LogP contribution in [-0.2, 0) is 23.9 Å². The van der Waals surface area contributed by atoms with Crippen molar-refractivity contribution in [2.45, 2.75) is 32.3 Å². The number of nitrogens with zero attached hydrogens (tertiary/aromatic N) is 1. The van der Waals surface area contributed by atoms with Crippen molar-refractivity contribution in [1.29, 1.82) is 0 Å². The SMILES string of the molecule is C[C@@H](OC(=O)CCN1C(=O)[C@H]2CC=CC[C@@H]2C1=O)C(=O)Nc1cccc(F)c1. The van der Waals surface area contributed by atoms with Crippen LogP contribution in [0, 0.1) is 17.7 Å². The average Bonchev–Trinajstić information content (AvgIpc) is 2.91. The highest BCUT2D eigenvalue weighted by molar-refractivity contribution is 6.05. The van der Waals surface area contributed by atoms with Gasteiger partial charge in [-0.1, -0.05) is 18.2 Å². The molecule has 0 saturated carbocycles. The van der Waals surface area contributed by atoms with Crippen LogP contribution in [0.2, 0.25) is 0 Å². The van der Waals surface area contributed by atoms with E-state index in [1.807, 2.05) is 12.2 Å². The van der Waals surface area contributed by atoms with Gasteiger partial charge in [-0.05, 0) is 38.0 Å². The Hall–Kier alpha value is -3.03. The van der Waals surface area contributed by atoms with Crippen molar-refractivity contribution in [3.63, 3.8) is 0 Å². The third-order valence-electron chi connectivity index (χ3n) is 4.91. The van der Waals surface area contributed by atoms with E-state index in [0.717, 1.165) is 11.0 Å². The van der Waals surface area contributed by atoms with Crippen LogP contribution in [0.25, 0.3) is 0 Å². The zero-order chi connectivity index (χ0) is 20.3. The van der Waals surface area contributed by atoms with Crippen LogP contribution in [0.5, 0.6) is 0 Å². The number of hydrogen-bond acceptors (Lipinski definition) is 5. The molecule has 28 heavy (non-hydrogen) atoms. The van der Waals surface area contributed by atoms with Crippen molar-refractivity contribution >= 4 is 29.4 Å². The Labute approximate surface area is 161 Å². The predicted octanol–water partition coefficient (Wildman–Crippen LogP) is 2.04. The molecular formula is C20H21FN2O5. The first-order valence-electron chi connectivity index (χ1n) is 9.13. The minimum atomic E-state index is -1.10. The lowest BCUT2D eigenvalue weighted by Crippen LogP contribution is -2.35. The third kappa shape index (κ3) is 4.27. The molecule has 0 unspecified atom stereocenters. The molecule has 1 heterocycles. The minimum absolute atomic E-state index is 0.0677. The number of rotatable bonds is 6. The number of hydrogen-bond donors (Lipinski definition) is 1. The minimum Gasteiger partial charge on any atom is -0.452 e. The molecule has 1 aliphatic carbocycles. The van der Waals surface area contributed by atoms with Crippen LogP contribution in [0.4, 0.5) is 10.1 Å². The third-order valence-corrected chi connectivity index (χ3v) is 4.91. The van der Waals surface area contributed by atoms with Gasteiger partial charge in [0, 0.05) is 12.2 Å². The van der Waals surface area contributed by atoms with E-state index in [9.17, 15) is 23.6 Å². The molecule has 1 aromatic carbocycles. The van der Waals surface area contributed by atoms with Crippen molar-refractivity contribution < 1.29 is 28.3 Å². The van der Waals surface area contributed by atoms with Gasteiger partial charge in [0.05, 0.1) is 18.3 Å². The second-order valence-corrected chi connectivity index (χ2v) is 6.87. The van der Waals surface area contributed by atoms with E-state index in [2.05, 4.69) is 5.32 Å². The Bertz CT molecular complexity index is 812. The average molecular weight is 388 g/mol. The largest absolute Gasteiger partial charge is 0.452 e. The van der Waals surface area contributed by atoms with E-state index < -0.39 is 23.8 Å². The van der Waals surface area contributed by atoms with Crippen molar-refractivity contribution in [2.24, 2.45) is 11.8 Å². The molecule has 1 saturated heterocycles. The fraction of sp³-hybridized carbons (Fsp3) is 0.400. The van der Waals surface area contributed by atoms with Gasteiger partial charge in [-0.25, -0.2) is 4.39 Å². The van der Waals surface area contributed by atoms with Crippen LogP contribution in [0.15, 0.2) is 36.4 Å². The van der Waals surface area contributed by atoms with Gasteiger partial charge in [0.1, 0.15) is 5.82 Å². The lowest BCUT2D eigenvalue weighted by atomic mass is 9.85. The number of anilines is 1. The van der Waals surface area contributed by atoms with Gasteiger partial charge in [0.2, 0.25) is 11.8 Å². The number of amides is 3. The number of allylic oxidation sites excluding steroid dienone is 2. The smallest absolute Gasteiger partial charge is 0.308 e. The van der Waals surface area contributed by atoms with Crippen LogP contribution in [-0.4, -0.2) is 41.2 Å². The molecule has 3 amide bonds. The number of esters is 1. The Morgan fingerprint density at radius 2 is 1.86 bits per heavy atom. The van der Waals surface area contributed by atoms with Crippen molar-refractivity contribution in [3.8, 4) is 0 Å². The van der Waals surface area contributed by atoms with Gasteiger partial charge in [0.25, 0.3) is 5.91 Å². The summed E-state index contributed by atoms with van der Waals surface area (Å²) in [5.41, 5.74) is 0.248. The normalized spacial score (nSPS) is 22.0. The van der Waals surface area contributed by atoms with Gasteiger partial charge in [-0.15, -0.1) is 0 Å². The zero-order valence-corrected chi connectivity index (χ0v) is 15.4. The summed E-state index contributed by atoms with van der Waals surface area (Å²) in [5.74, 6) is -3.01. The predicted molar refractivity (Wildman–Crippen MR) is 97.3 cm³/mol. The molecule has 0 aromatic heterocycles. The summed E-state index contributed by atoms with van der Waals surface area (Å²) in [7, 11) is 0. The van der Waals surface area contributed by atoms with Gasteiger partial charge in [-0.2, -0.15) is 0 Å². The molecule has 1 fully saturated rings. The zero-order valence-electron chi connectivity index (χ0n) is 15.4. The van der Waals surface area contributed by atoms with E-state index in [1.165, 1.54) is 25.1 Å². The van der Waals surface area contributed by atoms with Crippen LogP contribution in [0.1, 0.15) is 26.2 Å². The Kier molecular flexibility index (Phi) is 5.87. The summed E-state index contributed by atoms with van der Waals surface area (Å²) < 4.78 is 18.2. The standard InChI is InChI=1S/C20H21FN2O5/c1-12(18(25)22-14-6-4-5-13(21)11-14)28-17(24)9-10-23-19(26)15-7-2-3-8-16(15)20(23)27/h2-6,11-12,15-16H,7-10H2,1H3,(H,22,25)/t12-,15+,16+/m1/s1. The van der Waals surface area contributed by atoms with Crippen molar-refractivity contribution in [2.75, 3.05) is 11.9 Å². The number of carbonyl (C=O) groups excluding carboxylic acids is 4. The molecule has 3 atom stereocenters. The van der Waals surface area contributed by atoms with Crippen LogP contribution in [0.3, 0.4) is 0 Å². The van der Waals surface area contributed by atoms with Gasteiger partial charge < -0.3 is 10.1 Å². The molecule has 0 spiro atoms. The maximum Gasteiger partial charge on any atom is 0.308 e. The summed E-state index contributed by atoms with van der Waals surface area (Å²) in [4.78, 5) is 49.9. The summed E-state index contributed by atoms with van der Waals surface area (Å²) in [6.07, 6.45) is 3.56. The Morgan fingerprint density at radius 1 is 1.21 bits per heavy atom. The van der Waals surface area contributed by atoms with Gasteiger partial charge >= 0.3 is 5.97 Å². The lowest BCUT2D eigenvalue weighted by Gasteiger charge is -2.16. The highest BCUT2D eigenvalue weighted by Gasteiger charge is 2.47. The molecule has 3 rings (SSSR count). The molecule has 0 bridgehead atoms. The fourth-order valence-electron chi connectivity index (χ4n) is 3.41. The number of benzene rings is 1. The highest BCUT2D eigenvalue weighted by Crippen LogP contribution is 2.35.